The van der Waals surface area contributed by atoms with Crippen molar-refractivity contribution in [2.24, 2.45) is 0 Å². The van der Waals surface area contributed by atoms with Crippen molar-refractivity contribution in [2.45, 2.75) is 33.3 Å². The molecule has 0 aliphatic rings. The summed E-state index contributed by atoms with van der Waals surface area (Å²) < 4.78 is 5.30. The summed E-state index contributed by atoms with van der Waals surface area (Å²) in [5.74, 6) is 0. The van der Waals surface area contributed by atoms with E-state index in [1.165, 1.54) is 0 Å². The molecular weight excluding hydrogens is 188 g/mol. The molecule has 1 unspecified atom stereocenters. The highest BCUT2D eigenvalue weighted by Crippen LogP contribution is 2.25. The Morgan fingerprint density at radius 1 is 1.33 bits per heavy atom. The van der Waals surface area contributed by atoms with Gasteiger partial charge in [0.25, 0.3) is 0 Å². The van der Waals surface area contributed by atoms with Crippen LogP contribution in [0.2, 0.25) is 0 Å². The van der Waals surface area contributed by atoms with E-state index >= 15 is 0 Å². The van der Waals surface area contributed by atoms with Crippen LogP contribution in [0.15, 0.2) is 18.2 Å². The van der Waals surface area contributed by atoms with Gasteiger partial charge in [0, 0.05) is 6.61 Å². The van der Waals surface area contributed by atoms with Crippen LogP contribution in [-0.4, -0.2) is 18.3 Å². The van der Waals surface area contributed by atoms with Gasteiger partial charge in [-0.1, -0.05) is 23.8 Å². The summed E-state index contributed by atoms with van der Waals surface area (Å²) in [6.07, 6.45) is 0. The molecule has 0 aliphatic heterocycles. The zero-order valence-electron chi connectivity index (χ0n) is 10.0. The fraction of sp³-hybridized carbons (Fsp3) is 0.538. The predicted octanol–water partition coefficient (Wildman–Crippen LogP) is 2.55. The average molecular weight is 208 g/mol. The first kappa shape index (κ1) is 12.2. The minimum absolute atomic E-state index is 0.341. The molecule has 0 aliphatic carbocycles. The minimum atomic E-state index is -0.897. The Morgan fingerprint density at radius 3 is 2.60 bits per heavy atom. The van der Waals surface area contributed by atoms with Crippen molar-refractivity contribution in [3.8, 4) is 0 Å². The molecule has 0 saturated heterocycles. The maximum absolute atomic E-state index is 10.3. The van der Waals surface area contributed by atoms with E-state index < -0.39 is 5.60 Å². The van der Waals surface area contributed by atoms with Crippen LogP contribution < -0.4 is 0 Å². The molecule has 1 aromatic carbocycles. The molecule has 1 rings (SSSR count). The monoisotopic (exact) mass is 208 g/mol. The fourth-order valence-electron chi connectivity index (χ4n) is 1.69. The number of aliphatic hydroxyl groups is 1. The maximum Gasteiger partial charge on any atom is 0.110 e. The topological polar surface area (TPSA) is 29.5 Å². The number of hydrogen-bond acceptors (Lipinski definition) is 2. The van der Waals surface area contributed by atoms with Crippen LogP contribution in [0, 0.1) is 13.8 Å². The van der Waals surface area contributed by atoms with Gasteiger partial charge in [0.15, 0.2) is 0 Å². The number of aryl methyl sites for hydroxylation is 2. The Morgan fingerprint density at radius 2 is 2.00 bits per heavy atom. The third kappa shape index (κ3) is 3.05. The van der Waals surface area contributed by atoms with Gasteiger partial charge in [0.2, 0.25) is 0 Å². The Balaban J connectivity index is 2.97. The van der Waals surface area contributed by atoms with Crippen LogP contribution in [0.3, 0.4) is 0 Å². The SMILES string of the molecule is CCOCC(C)(O)c1cc(C)ccc1C. The molecule has 15 heavy (non-hydrogen) atoms. The standard InChI is InChI=1S/C13H20O2/c1-5-15-9-13(4,14)12-8-10(2)6-7-11(12)3/h6-8,14H,5,9H2,1-4H3. The zero-order chi connectivity index (χ0) is 11.5. The van der Waals surface area contributed by atoms with Gasteiger partial charge in [-0.05, 0) is 38.8 Å². The summed E-state index contributed by atoms with van der Waals surface area (Å²) in [6, 6.07) is 6.11. The molecule has 1 aromatic rings. The second-order valence-electron chi connectivity index (χ2n) is 4.23. The van der Waals surface area contributed by atoms with Crippen molar-refractivity contribution in [1.82, 2.24) is 0 Å². The minimum Gasteiger partial charge on any atom is -0.383 e. The normalized spacial score (nSPS) is 15.0. The van der Waals surface area contributed by atoms with Crippen molar-refractivity contribution >= 4 is 0 Å². The summed E-state index contributed by atoms with van der Waals surface area (Å²) in [4.78, 5) is 0. The zero-order valence-corrected chi connectivity index (χ0v) is 10.0. The van der Waals surface area contributed by atoms with Gasteiger partial charge >= 0.3 is 0 Å². The summed E-state index contributed by atoms with van der Waals surface area (Å²) in [7, 11) is 0. The maximum atomic E-state index is 10.3. The lowest BCUT2D eigenvalue weighted by Crippen LogP contribution is -2.28. The van der Waals surface area contributed by atoms with E-state index in [2.05, 4.69) is 6.07 Å². The van der Waals surface area contributed by atoms with Crippen LogP contribution in [-0.2, 0) is 10.3 Å². The van der Waals surface area contributed by atoms with Crippen molar-refractivity contribution in [3.05, 3.63) is 34.9 Å². The van der Waals surface area contributed by atoms with E-state index in [1.807, 2.05) is 32.9 Å². The van der Waals surface area contributed by atoms with Crippen LogP contribution in [0.5, 0.6) is 0 Å². The second-order valence-corrected chi connectivity index (χ2v) is 4.23. The summed E-state index contributed by atoms with van der Waals surface area (Å²) >= 11 is 0. The predicted molar refractivity (Wildman–Crippen MR) is 62.0 cm³/mol. The second kappa shape index (κ2) is 4.77. The molecule has 0 bridgehead atoms. The molecular formula is C13H20O2. The van der Waals surface area contributed by atoms with Crippen LogP contribution in [0.1, 0.15) is 30.5 Å². The lowest BCUT2D eigenvalue weighted by Gasteiger charge is -2.25. The van der Waals surface area contributed by atoms with Gasteiger partial charge in [0.1, 0.15) is 5.60 Å². The lowest BCUT2D eigenvalue weighted by atomic mass is 9.91. The average Bonchev–Trinajstić information content (AvgIpc) is 2.18. The quantitative estimate of drug-likeness (QED) is 0.824. The lowest BCUT2D eigenvalue weighted by molar-refractivity contribution is -0.0347. The van der Waals surface area contributed by atoms with Crippen molar-refractivity contribution < 1.29 is 9.84 Å². The number of hydrogen-bond donors (Lipinski definition) is 1. The smallest absolute Gasteiger partial charge is 0.110 e. The molecule has 0 fully saturated rings. The molecule has 1 N–H and O–H groups in total. The Kier molecular flexibility index (Phi) is 3.89. The van der Waals surface area contributed by atoms with E-state index in [0.717, 1.165) is 16.7 Å². The Labute approximate surface area is 91.9 Å². The highest BCUT2D eigenvalue weighted by molar-refractivity contribution is 5.34. The first-order chi connectivity index (χ1) is 6.97. The fourth-order valence-corrected chi connectivity index (χ4v) is 1.69. The van der Waals surface area contributed by atoms with Crippen LogP contribution in [0.25, 0.3) is 0 Å². The first-order valence-electron chi connectivity index (χ1n) is 5.35. The number of benzene rings is 1. The molecule has 1 atom stereocenters. The summed E-state index contributed by atoms with van der Waals surface area (Å²) in [6.45, 7) is 8.73. The molecule has 2 nitrogen and oxygen atoms in total. The first-order valence-corrected chi connectivity index (χ1v) is 5.35. The third-order valence-corrected chi connectivity index (χ3v) is 2.56. The Bertz CT molecular complexity index is 329. The number of ether oxygens (including phenoxy) is 1. The van der Waals surface area contributed by atoms with E-state index in [9.17, 15) is 5.11 Å². The molecule has 0 heterocycles. The van der Waals surface area contributed by atoms with E-state index in [4.69, 9.17) is 4.74 Å². The van der Waals surface area contributed by atoms with E-state index in [0.29, 0.717) is 13.2 Å². The van der Waals surface area contributed by atoms with Crippen LogP contribution >= 0.6 is 0 Å². The molecule has 0 amide bonds. The summed E-state index contributed by atoms with van der Waals surface area (Å²) in [5, 5.41) is 10.3. The molecule has 0 aromatic heterocycles. The van der Waals surface area contributed by atoms with E-state index in [-0.39, 0.29) is 0 Å². The summed E-state index contributed by atoms with van der Waals surface area (Å²) in [5.41, 5.74) is 2.32. The van der Waals surface area contributed by atoms with Gasteiger partial charge < -0.3 is 9.84 Å². The Hall–Kier alpha value is -0.860. The number of rotatable bonds is 4. The van der Waals surface area contributed by atoms with Gasteiger partial charge in [-0.25, -0.2) is 0 Å². The van der Waals surface area contributed by atoms with Gasteiger partial charge in [0.05, 0.1) is 6.61 Å². The van der Waals surface area contributed by atoms with Crippen molar-refractivity contribution in [1.29, 1.82) is 0 Å². The van der Waals surface area contributed by atoms with Gasteiger partial charge in [-0.3, -0.25) is 0 Å². The largest absolute Gasteiger partial charge is 0.383 e. The highest BCUT2D eigenvalue weighted by Gasteiger charge is 2.24. The molecule has 0 saturated carbocycles. The van der Waals surface area contributed by atoms with Crippen LogP contribution in [0.4, 0.5) is 0 Å². The van der Waals surface area contributed by atoms with Crippen molar-refractivity contribution in [2.75, 3.05) is 13.2 Å². The third-order valence-electron chi connectivity index (χ3n) is 2.56. The molecule has 0 radical (unpaired) electrons. The molecule has 84 valence electrons. The van der Waals surface area contributed by atoms with Gasteiger partial charge in [-0.15, -0.1) is 0 Å². The molecule has 0 spiro atoms. The highest BCUT2D eigenvalue weighted by atomic mass is 16.5. The van der Waals surface area contributed by atoms with Crippen molar-refractivity contribution in [3.63, 3.8) is 0 Å². The molecule has 2 heteroatoms. The van der Waals surface area contributed by atoms with Gasteiger partial charge in [-0.2, -0.15) is 0 Å². The van der Waals surface area contributed by atoms with E-state index in [1.54, 1.807) is 6.92 Å².